The summed E-state index contributed by atoms with van der Waals surface area (Å²) in [7, 11) is 0. The summed E-state index contributed by atoms with van der Waals surface area (Å²) in [6.45, 7) is 1.82. The fourth-order valence-electron chi connectivity index (χ4n) is 9.26. The summed E-state index contributed by atoms with van der Waals surface area (Å²) in [5, 5.41) is 20.2. The molecular formula is C66H52ClN3O3. The highest BCUT2D eigenvalue weighted by molar-refractivity contribution is 6.30. The molecule has 1 aliphatic heterocycles. The van der Waals surface area contributed by atoms with Gasteiger partial charge in [-0.2, -0.15) is 10.5 Å². The van der Waals surface area contributed by atoms with Crippen LogP contribution < -0.4 is 4.90 Å². The summed E-state index contributed by atoms with van der Waals surface area (Å²) in [4.78, 5) is 2.32. The Hall–Kier alpha value is -8.75. The molecule has 0 atom stereocenters. The number of hydrogen-bond acceptors (Lipinski definition) is 6. The van der Waals surface area contributed by atoms with E-state index in [2.05, 4.69) is 175 Å². The van der Waals surface area contributed by atoms with Crippen molar-refractivity contribution in [3.8, 4) is 12.1 Å². The molecular weight excluding hydrogens is 918 g/mol. The molecule has 8 aromatic carbocycles. The van der Waals surface area contributed by atoms with E-state index < -0.39 is 11.2 Å². The van der Waals surface area contributed by atoms with Crippen molar-refractivity contribution in [1.82, 2.24) is 0 Å². The van der Waals surface area contributed by atoms with Crippen molar-refractivity contribution in [2.24, 2.45) is 0 Å². The van der Waals surface area contributed by atoms with Gasteiger partial charge in [-0.15, -0.1) is 0 Å². The molecule has 1 aliphatic rings. The maximum absolute atomic E-state index is 9.77. The van der Waals surface area contributed by atoms with Crippen LogP contribution in [-0.2, 0) is 25.4 Å². The van der Waals surface area contributed by atoms with Gasteiger partial charge in [0, 0.05) is 29.4 Å². The third-order valence-electron chi connectivity index (χ3n) is 12.8. The van der Waals surface area contributed by atoms with E-state index in [-0.39, 0.29) is 5.57 Å². The lowest BCUT2D eigenvalue weighted by molar-refractivity contribution is 0.00967. The molecule has 0 aromatic heterocycles. The lowest BCUT2D eigenvalue weighted by atomic mass is 9.80. The van der Waals surface area contributed by atoms with Crippen LogP contribution in [0.2, 0.25) is 5.02 Å². The molecule has 73 heavy (non-hydrogen) atoms. The molecule has 0 saturated carbocycles. The van der Waals surface area contributed by atoms with E-state index in [1.807, 2.05) is 91.0 Å². The number of anilines is 1. The zero-order valence-electron chi connectivity index (χ0n) is 40.2. The minimum atomic E-state index is -0.892. The van der Waals surface area contributed by atoms with Crippen molar-refractivity contribution in [3.63, 3.8) is 0 Å². The van der Waals surface area contributed by atoms with Crippen LogP contribution in [0.3, 0.4) is 0 Å². The SMILES string of the molecule is N#CC(C#N)=C1C=C(/C=C/c2ccc(Cl)cc2)OC(/C=C/c2ccc(N(CCOC(c3ccccc3)(c3ccccc3)c3ccccc3)CCOC(c3ccccc3)(c3ccccc3)c3ccccc3)cc2)=C1. The minimum absolute atomic E-state index is 0.00825. The van der Waals surface area contributed by atoms with Gasteiger partial charge in [-0.3, -0.25) is 0 Å². The highest BCUT2D eigenvalue weighted by Crippen LogP contribution is 2.42. The standard InChI is InChI=1S/C66H52ClN3O3/c67-61-37-31-51(32-38-61)35-41-63-47-53(54(49-68)50-69)48-64(73-63)42-36-52-33-39-62(40-34-52)70(43-45-71-65(55-19-7-1-8-20-55,56-21-9-2-10-22-56)57-23-11-3-12-24-57)44-46-72-66(58-25-13-4-14-26-58,59-27-15-5-16-28-59)60-29-17-6-18-30-60/h1-42,47-48H,43-46H2/b41-35+,42-36+. The summed E-state index contributed by atoms with van der Waals surface area (Å²) in [6, 6.07) is 82.5. The zero-order chi connectivity index (χ0) is 50.1. The normalized spacial score (nSPS) is 12.6. The Bertz CT molecular complexity index is 2970. The van der Waals surface area contributed by atoms with E-state index >= 15 is 0 Å². The van der Waals surface area contributed by atoms with Crippen LogP contribution in [0.25, 0.3) is 12.2 Å². The summed E-state index contributed by atoms with van der Waals surface area (Å²) < 4.78 is 21.0. The quantitative estimate of drug-likeness (QED) is 0.0593. The summed E-state index contributed by atoms with van der Waals surface area (Å²) in [5.74, 6) is 0.964. The van der Waals surface area contributed by atoms with Gasteiger partial charge in [0.15, 0.2) is 0 Å². The van der Waals surface area contributed by atoms with Gasteiger partial charge in [0.1, 0.15) is 40.4 Å². The fraction of sp³-hybridized carbons (Fsp3) is 0.0909. The molecule has 1 heterocycles. The Labute approximate surface area is 433 Å². The molecule has 0 spiro atoms. The maximum atomic E-state index is 9.77. The molecule has 0 radical (unpaired) electrons. The highest BCUT2D eigenvalue weighted by atomic mass is 35.5. The Morgan fingerprint density at radius 1 is 0.438 bits per heavy atom. The van der Waals surface area contributed by atoms with Crippen molar-refractivity contribution in [2.75, 3.05) is 31.2 Å². The monoisotopic (exact) mass is 969 g/mol. The molecule has 6 nitrogen and oxygen atoms in total. The van der Waals surface area contributed by atoms with Gasteiger partial charge >= 0.3 is 0 Å². The molecule has 0 N–H and O–H groups in total. The van der Waals surface area contributed by atoms with Crippen LogP contribution in [0.15, 0.2) is 277 Å². The maximum Gasteiger partial charge on any atom is 0.143 e. The number of allylic oxidation sites excluding steroid dienone is 6. The molecule has 0 fully saturated rings. The third-order valence-corrected chi connectivity index (χ3v) is 13.0. The van der Waals surface area contributed by atoms with Gasteiger partial charge in [-0.1, -0.05) is 230 Å². The van der Waals surface area contributed by atoms with E-state index in [0.717, 1.165) is 50.2 Å². The number of nitrogens with zero attached hydrogens (tertiary/aromatic N) is 3. The van der Waals surface area contributed by atoms with Gasteiger partial charge in [0.2, 0.25) is 0 Å². The van der Waals surface area contributed by atoms with E-state index in [9.17, 15) is 10.5 Å². The first kappa shape index (κ1) is 49.2. The van der Waals surface area contributed by atoms with Crippen molar-refractivity contribution >= 4 is 29.4 Å². The second-order valence-electron chi connectivity index (χ2n) is 17.3. The van der Waals surface area contributed by atoms with Crippen LogP contribution in [0.1, 0.15) is 44.5 Å². The van der Waals surface area contributed by atoms with Crippen molar-refractivity contribution < 1.29 is 14.2 Å². The van der Waals surface area contributed by atoms with Crippen molar-refractivity contribution in [1.29, 1.82) is 10.5 Å². The minimum Gasteiger partial charge on any atom is -0.457 e. The van der Waals surface area contributed by atoms with Crippen LogP contribution in [0, 0.1) is 22.7 Å². The van der Waals surface area contributed by atoms with Crippen LogP contribution in [0.5, 0.6) is 0 Å². The Morgan fingerprint density at radius 3 is 1.07 bits per heavy atom. The number of benzene rings is 8. The molecule has 356 valence electrons. The molecule has 8 aromatic rings. The lowest BCUT2D eigenvalue weighted by Crippen LogP contribution is -2.39. The van der Waals surface area contributed by atoms with Crippen LogP contribution >= 0.6 is 11.6 Å². The predicted octanol–water partition coefficient (Wildman–Crippen LogP) is 15.0. The second kappa shape index (κ2) is 23.9. The molecule has 0 amide bonds. The predicted molar refractivity (Wildman–Crippen MR) is 294 cm³/mol. The van der Waals surface area contributed by atoms with Gasteiger partial charge in [-0.05, 0) is 93.1 Å². The van der Waals surface area contributed by atoms with E-state index in [4.69, 9.17) is 25.8 Å². The van der Waals surface area contributed by atoms with Crippen molar-refractivity contribution in [3.05, 3.63) is 327 Å². The lowest BCUT2D eigenvalue weighted by Gasteiger charge is -2.38. The first-order chi connectivity index (χ1) is 36.0. The van der Waals surface area contributed by atoms with Crippen LogP contribution in [0.4, 0.5) is 5.69 Å². The average Bonchev–Trinajstić information content (AvgIpc) is 3.46. The number of hydrogen-bond donors (Lipinski definition) is 0. The van der Waals surface area contributed by atoms with Crippen LogP contribution in [-0.4, -0.2) is 26.3 Å². The molecule has 9 rings (SSSR count). The first-order valence-corrected chi connectivity index (χ1v) is 24.6. The highest BCUT2D eigenvalue weighted by Gasteiger charge is 2.39. The Balaban J connectivity index is 1.03. The topological polar surface area (TPSA) is 78.5 Å². The largest absolute Gasteiger partial charge is 0.457 e. The average molecular weight is 971 g/mol. The van der Waals surface area contributed by atoms with E-state index in [0.29, 0.717) is 48.4 Å². The molecule has 0 unspecified atom stereocenters. The van der Waals surface area contributed by atoms with Gasteiger partial charge in [-0.25, -0.2) is 0 Å². The smallest absolute Gasteiger partial charge is 0.143 e. The van der Waals surface area contributed by atoms with Gasteiger partial charge < -0.3 is 19.1 Å². The number of nitriles is 2. The Morgan fingerprint density at radius 2 is 0.753 bits per heavy atom. The zero-order valence-corrected chi connectivity index (χ0v) is 40.9. The molecule has 0 aliphatic carbocycles. The summed E-state index contributed by atoms with van der Waals surface area (Å²) in [5.41, 5.74) is 7.72. The number of halogens is 1. The van der Waals surface area contributed by atoms with E-state index in [1.54, 1.807) is 18.2 Å². The summed E-state index contributed by atoms with van der Waals surface area (Å²) in [6.07, 6.45) is 10.9. The third kappa shape index (κ3) is 11.6. The molecule has 0 bridgehead atoms. The summed E-state index contributed by atoms with van der Waals surface area (Å²) >= 11 is 6.11. The number of ether oxygens (including phenoxy) is 3. The number of rotatable bonds is 19. The molecule has 7 heteroatoms. The fourth-order valence-corrected chi connectivity index (χ4v) is 9.38. The first-order valence-electron chi connectivity index (χ1n) is 24.2. The Kier molecular flexibility index (Phi) is 16.1. The van der Waals surface area contributed by atoms with E-state index in [1.165, 1.54) is 0 Å². The van der Waals surface area contributed by atoms with Crippen molar-refractivity contribution in [2.45, 2.75) is 11.2 Å². The second-order valence-corrected chi connectivity index (χ2v) is 17.7. The van der Waals surface area contributed by atoms with Gasteiger partial charge in [0.25, 0.3) is 0 Å². The van der Waals surface area contributed by atoms with Gasteiger partial charge in [0.05, 0.1) is 13.2 Å². The molecule has 0 saturated heterocycles.